The molecule has 0 amide bonds. The van der Waals surface area contributed by atoms with Crippen LogP contribution < -0.4 is 5.32 Å². The van der Waals surface area contributed by atoms with Crippen LogP contribution in [0.25, 0.3) is 0 Å². The van der Waals surface area contributed by atoms with Crippen LogP contribution in [0.1, 0.15) is 33.6 Å². The van der Waals surface area contributed by atoms with Gasteiger partial charge in [0.1, 0.15) is 0 Å². The average Bonchev–Trinajstić information content (AvgIpc) is 2.64. The minimum Gasteiger partial charge on any atom is -0.374 e. The second-order valence-corrected chi connectivity index (χ2v) is 4.23. The maximum absolute atomic E-state index is 5.61. The molecule has 1 heterocycles. The van der Waals surface area contributed by atoms with Crippen molar-refractivity contribution in [1.29, 1.82) is 0 Å². The van der Waals surface area contributed by atoms with Crippen LogP contribution in [0.3, 0.4) is 0 Å². The summed E-state index contributed by atoms with van der Waals surface area (Å²) in [6.45, 7) is 9.62. The summed E-state index contributed by atoms with van der Waals surface area (Å²) < 4.78 is 5.61. The van der Waals surface area contributed by atoms with Gasteiger partial charge in [-0.1, -0.05) is 32.4 Å². The molecule has 0 aromatic rings. The zero-order valence-electron chi connectivity index (χ0n) is 9.68. The van der Waals surface area contributed by atoms with E-state index in [1.165, 1.54) is 18.4 Å². The van der Waals surface area contributed by atoms with Crippen molar-refractivity contribution in [1.82, 2.24) is 5.32 Å². The van der Waals surface area contributed by atoms with E-state index in [1.54, 1.807) is 0 Å². The molecule has 0 aromatic heterocycles. The van der Waals surface area contributed by atoms with E-state index in [9.17, 15) is 0 Å². The third-order valence-electron chi connectivity index (χ3n) is 2.69. The molecule has 1 atom stereocenters. The van der Waals surface area contributed by atoms with E-state index >= 15 is 0 Å². The molecule has 1 aliphatic heterocycles. The van der Waals surface area contributed by atoms with Crippen molar-refractivity contribution in [3.63, 3.8) is 0 Å². The van der Waals surface area contributed by atoms with Crippen molar-refractivity contribution in [3.8, 4) is 0 Å². The Labute approximate surface area is 87.7 Å². The smallest absolute Gasteiger partial charge is 0.0759 e. The van der Waals surface area contributed by atoms with Gasteiger partial charge in [-0.15, -0.1) is 0 Å². The zero-order valence-corrected chi connectivity index (χ0v) is 9.68. The lowest BCUT2D eigenvalue weighted by Gasteiger charge is -2.14. The predicted octanol–water partition coefficient (Wildman–Crippen LogP) is 2.36. The summed E-state index contributed by atoms with van der Waals surface area (Å²) in [6, 6.07) is 0. The van der Waals surface area contributed by atoms with E-state index in [4.69, 9.17) is 4.74 Å². The Morgan fingerprint density at radius 1 is 1.57 bits per heavy atom. The highest BCUT2D eigenvalue weighted by Gasteiger charge is 2.14. The third kappa shape index (κ3) is 3.81. The summed E-state index contributed by atoms with van der Waals surface area (Å²) in [6.07, 6.45) is 5.11. The summed E-state index contributed by atoms with van der Waals surface area (Å²) in [5.41, 5.74) is 1.48. The van der Waals surface area contributed by atoms with Gasteiger partial charge in [0, 0.05) is 13.2 Å². The first-order valence-corrected chi connectivity index (χ1v) is 5.77. The Morgan fingerprint density at radius 2 is 2.36 bits per heavy atom. The molecule has 0 aliphatic carbocycles. The number of hydrogen-bond donors (Lipinski definition) is 1. The molecule has 82 valence electrons. The molecule has 2 nitrogen and oxygen atoms in total. The molecule has 0 radical (unpaired) electrons. The molecule has 1 N–H and O–H groups in total. The maximum Gasteiger partial charge on any atom is 0.0759 e. The van der Waals surface area contributed by atoms with Crippen LogP contribution in [0, 0.1) is 5.92 Å². The molecule has 1 fully saturated rings. The predicted molar refractivity (Wildman–Crippen MR) is 60.4 cm³/mol. The maximum atomic E-state index is 5.61. The normalized spacial score (nSPS) is 23.4. The number of rotatable bonds is 5. The van der Waals surface area contributed by atoms with Crippen LogP contribution in [0.5, 0.6) is 0 Å². The summed E-state index contributed by atoms with van der Waals surface area (Å²) in [7, 11) is 0. The van der Waals surface area contributed by atoms with Gasteiger partial charge in [0.2, 0.25) is 0 Å². The lowest BCUT2D eigenvalue weighted by Crippen LogP contribution is -2.20. The van der Waals surface area contributed by atoms with Crippen molar-refractivity contribution in [2.75, 3.05) is 19.7 Å². The van der Waals surface area contributed by atoms with Crippen LogP contribution in [0.2, 0.25) is 0 Å². The van der Waals surface area contributed by atoms with Crippen LogP contribution in [-0.2, 0) is 4.74 Å². The zero-order chi connectivity index (χ0) is 10.4. The first kappa shape index (κ1) is 11.7. The van der Waals surface area contributed by atoms with Crippen molar-refractivity contribution in [2.24, 2.45) is 5.92 Å². The van der Waals surface area contributed by atoms with E-state index in [2.05, 4.69) is 32.2 Å². The van der Waals surface area contributed by atoms with Gasteiger partial charge in [0.15, 0.2) is 0 Å². The van der Waals surface area contributed by atoms with E-state index < -0.39 is 0 Å². The van der Waals surface area contributed by atoms with Gasteiger partial charge in [-0.25, -0.2) is 0 Å². The largest absolute Gasteiger partial charge is 0.374 e. The van der Waals surface area contributed by atoms with Crippen molar-refractivity contribution >= 4 is 0 Å². The minimum absolute atomic E-state index is 0.381. The summed E-state index contributed by atoms with van der Waals surface area (Å²) in [5.74, 6) is 0.623. The average molecular weight is 197 g/mol. The van der Waals surface area contributed by atoms with E-state index in [-0.39, 0.29) is 0 Å². The van der Waals surface area contributed by atoms with Gasteiger partial charge < -0.3 is 10.1 Å². The van der Waals surface area contributed by atoms with Gasteiger partial charge in [-0.3, -0.25) is 0 Å². The molecule has 1 saturated heterocycles. The summed E-state index contributed by atoms with van der Waals surface area (Å²) >= 11 is 0. The quantitative estimate of drug-likeness (QED) is 0.683. The van der Waals surface area contributed by atoms with Crippen molar-refractivity contribution in [2.45, 2.75) is 39.7 Å². The van der Waals surface area contributed by atoms with Crippen molar-refractivity contribution < 1.29 is 4.74 Å². The highest BCUT2D eigenvalue weighted by molar-refractivity contribution is 5.10. The molecule has 0 saturated carbocycles. The number of nitrogens with one attached hydrogen (secondary N) is 1. The van der Waals surface area contributed by atoms with Crippen LogP contribution in [0.4, 0.5) is 0 Å². The standard InChI is InChI=1S/C12H23NO/c1-4-13-9-11(10(2)3)8-12-6-5-7-14-12/h8,10,12-13H,4-7,9H2,1-3H3/b11-8+. The third-order valence-corrected chi connectivity index (χ3v) is 2.69. The van der Waals surface area contributed by atoms with Crippen LogP contribution in [0.15, 0.2) is 11.6 Å². The molecule has 0 aromatic carbocycles. The highest BCUT2D eigenvalue weighted by Crippen LogP contribution is 2.18. The van der Waals surface area contributed by atoms with Gasteiger partial charge >= 0.3 is 0 Å². The molecular weight excluding hydrogens is 174 g/mol. The Kier molecular flexibility index (Phi) is 5.20. The second-order valence-electron chi connectivity index (χ2n) is 4.23. The SMILES string of the molecule is CCNC/C(=C\C1CCCO1)C(C)C. The monoisotopic (exact) mass is 197 g/mol. The van der Waals surface area contributed by atoms with E-state index in [1.807, 2.05) is 0 Å². The molecule has 1 unspecified atom stereocenters. The van der Waals surface area contributed by atoms with Gasteiger partial charge in [0.25, 0.3) is 0 Å². The van der Waals surface area contributed by atoms with Gasteiger partial charge in [-0.2, -0.15) is 0 Å². The molecular formula is C12H23NO. The number of likely N-dealkylation sites (N-methyl/N-ethyl adjacent to an activating group) is 1. The molecule has 2 heteroatoms. The molecule has 0 bridgehead atoms. The fourth-order valence-corrected chi connectivity index (χ4v) is 1.70. The fraction of sp³-hybridized carbons (Fsp3) is 0.833. The van der Waals surface area contributed by atoms with Gasteiger partial charge in [0.05, 0.1) is 6.10 Å². The number of hydrogen-bond acceptors (Lipinski definition) is 2. The lowest BCUT2D eigenvalue weighted by molar-refractivity contribution is 0.144. The summed E-state index contributed by atoms with van der Waals surface area (Å²) in [5, 5.41) is 3.38. The Hall–Kier alpha value is -0.340. The van der Waals surface area contributed by atoms with E-state index in [0.717, 1.165) is 19.7 Å². The lowest BCUT2D eigenvalue weighted by atomic mass is 10.0. The number of ether oxygens (including phenoxy) is 1. The van der Waals surface area contributed by atoms with Crippen molar-refractivity contribution in [3.05, 3.63) is 11.6 Å². The fourth-order valence-electron chi connectivity index (χ4n) is 1.70. The topological polar surface area (TPSA) is 21.3 Å². The first-order valence-electron chi connectivity index (χ1n) is 5.77. The minimum atomic E-state index is 0.381. The molecule has 0 spiro atoms. The molecule has 1 rings (SSSR count). The van der Waals surface area contributed by atoms with Gasteiger partial charge in [-0.05, 0) is 25.3 Å². The Morgan fingerprint density at radius 3 is 2.86 bits per heavy atom. The summed E-state index contributed by atoms with van der Waals surface area (Å²) in [4.78, 5) is 0. The van der Waals surface area contributed by atoms with E-state index in [0.29, 0.717) is 12.0 Å². The molecule has 14 heavy (non-hydrogen) atoms. The van der Waals surface area contributed by atoms with Crippen LogP contribution in [-0.4, -0.2) is 25.8 Å². The van der Waals surface area contributed by atoms with Crippen LogP contribution >= 0.6 is 0 Å². The first-order chi connectivity index (χ1) is 6.74. The Bertz CT molecular complexity index is 181. The Balaban J connectivity index is 2.46. The second kappa shape index (κ2) is 6.20. The molecule has 1 aliphatic rings. The highest BCUT2D eigenvalue weighted by atomic mass is 16.5.